The summed E-state index contributed by atoms with van der Waals surface area (Å²) < 4.78 is 47.5. The van der Waals surface area contributed by atoms with E-state index in [0.717, 1.165) is 0 Å². The van der Waals surface area contributed by atoms with E-state index in [1.165, 1.54) is 0 Å². The van der Waals surface area contributed by atoms with Crippen molar-refractivity contribution in [3.05, 3.63) is 0 Å². The van der Waals surface area contributed by atoms with Crippen LogP contribution in [0.1, 0.15) is 34.1 Å². The third-order valence-electron chi connectivity index (χ3n) is 2.81. The van der Waals surface area contributed by atoms with Gasteiger partial charge in [0.05, 0.1) is 26.4 Å². The second-order valence-electron chi connectivity index (χ2n) is 4.50. The van der Waals surface area contributed by atoms with Crippen LogP contribution < -0.4 is 5.32 Å². The summed E-state index contributed by atoms with van der Waals surface area (Å²) in [5.74, 6) is -0.589. The first-order valence-corrected chi connectivity index (χ1v) is 11.7. The molecule has 0 radical (unpaired) electrons. The summed E-state index contributed by atoms with van der Waals surface area (Å²) in [5.41, 5.74) is 0. The highest BCUT2D eigenvalue weighted by atomic mass is 35.5. The van der Waals surface area contributed by atoms with Crippen molar-refractivity contribution in [1.82, 2.24) is 5.32 Å². The highest BCUT2D eigenvalue weighted by molar-refractivity contribution is 7.72. The van der Waals surface area contributed by atoms with Crippen LogP contribution in [0.3, 0.4) is 0 Å². The molecule has 0 saturated carbocycles. The van der Waals surface area contributed by atoms with Crippen LogP contribution in [0.2, 0.25) is 0 Å². The Bertz CT molecular complexity index is 414. The van der Waals surface area contributed by atoms with Crippen LogP contribution in [0.25, 0.3) is 0 Å². The van der Waals surface area contributed by atoms with E-state index in [9.17, 15) is 13.9 Å². The van der Waals surface area contributed by atoms with Gasteiger partial charge >= 0.3 is 15.2 Å². The molecule has 0 bridgehead atoms. The summed E-state index contributed by atoms with van der Waals surface area (Å²) in [6.45, 7) is 7.16. The minimum absolute atomic E-state index is 0.0389. The van der Waals surface area contributed by atoms with Crippen molar-refractivity contribution in [3.63, 3.8) is 0 Å². The maximum absolute atomic E-state index is 13.1. The Hall–Kier alpha value is 0.0600. The molecule has 0 aliphatic carbocycles. The van der Waals surface area contributed by atoms with Gasteiger partial charge in [-0.3, -0.25) is 13.9 Å². The summed E-state index contributed by atoms with van der Waals surface area (Å²) in [5, 5.41) is 1.40. The molecule has 0 heterocycles. The molecule has 1 amide bonds. The van der Waals surface area contributed by atoms with Gasteiger partial charge in [0.1, 0.15) is 5.88 Å². The highest BCUT2D eigenvalue weighted by Gasteiger charge is 2.50. The number of hydrogen-bond donors (Lipinski definition) is 1. The number of nitrogens with one attached hydrogen (secondary N) is 1. The Morgan fingerprint density at radius 3 is 1.58 bits per heavy atom. The third kappa shape index (κ3) is 7.52. The van der Waals surface area contributed by atoms with Gasteiger partial charge in [0.15, 0.2) is 5.40 Å². The maximum atomic E-state index is 13.1. The maximum Gasteiger partial charge on any atom is 0.345 e. The molecule has 0 aliphatic rings. The van der Waals surface area contributed by atoms with E-state index in [1.54, 1.807) is 27.7 Å². The summed E-state index contributed by atoms with van der Waals surface area (Å²) in [4.78, 5) is 11.3. The molecule has 1 N–H and O–H groups in total. The van der Waals surface area contributed by atoms with Crippen LogP contribution in [0.4, 0.5) is 0 Å². The van der Waals surface area contributed by atoms with Crippen LogP contribution in [-0.2, 0) is 32.0 Å². The highest BCUT2D eigenvalue weighted by Crippen LogP contribution is 2.71. The van der Waals surface area contributed by atoms with E-state index in [2.05, 4.69) is 5.32 Å². The van der Waals surface area contributed by atoms with Gasteiger partial charge in [-0.25, -0.2) is 0 Å². The Morgan fingerprint density at radius 2 is 1.29 bits per heavy atom. The summed E-state index contributed by atoms with van der Waals surface area (Å²) in [6.07, 6.45) is 0.0389. The largest absolute Gasteiger partial charge is 0.355 e. The van der Waals surface area contributed by atoms with Gasteiger partial charge in [-0.05, 0) is 34.1 Å². The van der Waals surface area contributed by atoms with Crippen LogP contribution in [0, 0.1) is 0 Å². The number of halogens is 1. The Labute approximate surface area is 149 Å². The van der Waals surface area contributed by atoms with Crippen molar-refractivity contribution < 1.29 is 32.0 Å². The smallest absolute Gasteiger partial charge is 0.345 e. The van der Waals surface area contributed by atoms with Crippen molar-refractivity contribution in [2.75, 3.05) is 38.9 Å². The van der Waals surface area contributed by atoms with Crippen molar-refractivity contribution in [2.24, 2.45) is 0 Å². The monoisotopic (exact) mass is 407 g/mol. The average molecular weight is 408 g/mol. The zero-order valence-corrected chi connectivity index (χ0v) is 17.2. The molecule has 144 valence electrons. The number of rotatable bonds is 14. The van der Waals surface area contributed by atoms with Gasteiger partial charge < -0.3 is 23.4 Å². The fourth-order valence-electron chi connectivity index (χ4n) is 2.02. The molecule has 0 unspecified atom stereocenters. The lowest BCUT2D eigenvalue weighted by Gasteiger charge is -2.31. The molecule has 0 rings (SSSR count). The van der Waals surface area contributed by atoms with Gasteiger partial charge in [0.2, 0.25) is 5.91 Å². The minimum atomic E-state index is -3.78. The molecule has 0 aliphatic heterocycles. The predicted octanol–water partition coefficient (Wildman–Crippen LogP) is 3.59. The molecule has 11 heteroatoms. The Balaban J connectivity index is 5.56. The number of amides is 1. The molecule has 0 fully saturated rings. The summed E-state index contributed by atoms with van der Waals surface area (Å²) >= 11 is 5.43. The second kappa shape index (κ2) is 12.4. The van der Waals surface area contributed by atoms with E-state index < -0.39 is 20.6 Å². The van der Waals surface area contributed by atoms with Crippen molar-refractivity contribution in [1.29, 1.82) is 0 Å². The number of hydrogen-bond acceptors (Lipinski definition) is 7. The molecular weight excluding hydrogens is 380 g/mol. The zero-order valence-electron chi connectivity index (χ0n) is 14.7. The summed E-state index contributed by atoms with van der Waals surface area (Å²) in [6, 6.07) is 0. The minimum Gasteiger partial charge on any atom is -0.355 e. The fourth-order valence-corrected chi connectivity index (χ4v) is 7.46. The SMILES string of the molecule is CCOP(=O)(OCC)C(CCNC(=O)CCl)P(=O)(OCC)OCC. The number of alkyl halides is 1. The van der Waals surface area contributed by atoms with Crippen LogP contribution in [0.5, 0.6) is 0 Å². The van der Waals surface area contributed by atoms with Crippen molar-refractivity contribution in [3.8, 4) is 0 Å². The van der Waals surface area contributed by atoms with E-state index in [0.29, 0.717) is 0 Å². The quantitative estimate of drug-likeness (QED) is 0.347. The molecule has 0 aromatic heterocycles. The predicted molar refractivity (Wildman–Crippen MR) is 93.9 cm³/mol. The average Bonchev–Trinajstić information content (AvgIpc) is 2.51. The first-order chi connectivity index (χ1) is 11.3. The molecule has 0 aromatic rings. The lowest BCUT2D eigenvalue weighted by molar-refractivity contribution is -0.118. The van der Waals surface area contributed by atoms with E-state index in [1.807, 2.05) is 0 Å². The molecule has 24 heavy (non-hydrogen) atoms. The van der Waals surface area contributed by atoms with Crippen LogP contribution in [-0.4, -0.2) is 50.2 Å². The van der Waals surface area contributed by atoms with Crippen molar-refractivity contribution in [2.45, 2.75) is 39.5 Å². The lowest BCUT2D eigenvalue weighted by Crippen LogP contribution is -2.29. The van der Waals surface area contributed by atoms with Crippen molar-refractivity contribution >= 4 is 32.7 Å². The topological polar surface area (TPSA) is 100 Å². The lowest BCUT2D eigenvalue weighted by atomic mass is 10.4. The van der Waals surface area contributed by atoms with Gasteiger partial charge in [0, 0.05) is 6.54 Å². The summed E-state index contributed by atoms with van der Waals surface area (Å²) in [7, 11) is -7.55. The van der Waals surface area contributed by atoms with Crippen LogP contribution in [0.15, 0.2) is 0 Å². The molecule has 0 aromatic carbocycles. The zero-order chi connectivity index (χ0) is 18.6. The second-order valence-corrected chi connectivity index (χ2v) is 9.62. The molecular formula is C13H28ClNO7P2. The van der Waals surface area contributed by atoms with E-state index in [-0.39, 0.29) is 51.2 Å². The molecule has 0 saturated heterocycles. The molecule has 0 atom stereocenters. The fraction of sp³-hybridized carbons (Fsp3) is 0.923. The standard InChI is InChI=1S/C13H28ClNO7P2/c1-5-19-23(17,20-6-2)13(9-10-15-12(16)11-14)24(18,21-7-3)22-8-4/h13H,5-11H2,1-4H3,(H,15,16). The third-order valence-corrected chi connectivity index (χ3v) is 9.20. The van der Waals surface area contributed by atoms with E-state index in [4.69, 9.17) is 29.7 Å². The Morgan fingerprint density at radius 1 is 0.917 bits per heavy atom. The van der Waals surface area contributed by atoms with E-state index >= 15 is 0 Å². The number of carbonyl (C=O) groups excluding carboxylic acids is 1. The number of carbonyl (C=O) groups is 1. The first kappa shape index (κ1) is 24.1. The first-order valence-electron chi connectivity index (χ1n) is 7.93. The molecule has 0 spiro atoms. The normalized spacial score (nSPS) is 12.6. The molecule has 8 nitrogen and oxygen atoms in total. The Kier molecular flexibility index (Phi) is 12.5. The van der Waals surface area contributed by atoms with Gasteiger partial charge in [-0.2, -0.15) is 0 Å². The van der Waals surface area contributed by atoms with Crippen LogP contribution >= 0.6 is 26.8 Å². The van der Waals surface area contributed by atoms with Gasteiger partial charge in [-0.1, -0.05) is 0 Å². The van der Waals surface area contributed by atoms with Gasteiger partial charge in [-0.15, -0.1) is 11.6 Å². The van der Waals surface area contributed by atoms with Gasteiger partial charge in [0.25, 0.3) is 0 Å².